The van der Waals surface area contributed by atoms with Crippen molar-refractivity contribution in [3.63, 3.8) is 0 Å². The van der Waals surface area contributed by atoms with Gasteiger partial charge in [0.2, 0.25) is 0 Å². The molecule has 0 aliphatic carbocycles. The minimum absolute atomic E-state index is 0.181. The molecule has 0 saturated carbocycles. The number of nitrogens with two attached hydrogens (primary N) is 1. The summed E-state index contributed by atoms with van der Waals surface area (Å²) < 4.78 is 17.8. The van der Waals surface area contributed by atoms with Crippen LogP contribution in [0, 0.1) is 11.2 Å². The second-order valence-electron chi connectivity index (χ2n) is 4.37. The van der Waals surface area contributed by atoms with Gasteiger partial charge in [0.05, 0.1) is 12.5 Å². The Morgan fingerprint density at radius 3 is 2.65 bits per heavy atom. The maximum Gasteiger partial charge on any atom is 0.313 e. The third-order valence-corrected chi connectivity index (χ3v) is 2.84. The molecule has 0 spiro atoms. The average Bonchev–Trinajstić information content (AvgIpc) is 2.30. The summed E-state index contributed by atoms with van der Waals surface area (Å²) in [7, 11) is 1.25. The van der Waals surface area contributed by atoms with Gasteiger partial charge in [0.1, 0.15) is 0 Å². The van der Waals surface area contributed by atoms with Crippen molar-refractivity contribution >= 4 is 5.97 Å². The lowest BCUT2D eigenvalue weighted by atomic mass is 9.80. The molecule has 4 nitrogen and oxygen atoms in total. The van der Waals surface area contributed by atoms with E-state index in [9.17, 15) is 14.3 Å². The summed E-state index contributed by atoms with van der Waals surface area (Å²) in [5.41, 5.74) is 5.02. The van der Waals surface area contributed by atoms with Gasteiger partial charge in [-0.2, -0.15) is 0 Å². The zero-order valence-corrected chi connectivity index (χ0v) is 10.0. The monoisotopic (exact) mass is 241 g/mol. The molecule has 17 heavy (non-hydrogen) atoms. The Morgan fingerprint density at radius 1 is 1.53 bits per heavy atom. The predicted molar refractivity (Wildman–Crippen MR) is 60.8 cm³/mol. The van der Waals surface area contributed by atoms with Crippen molar-refractivity contribution < 1.29 is 19.0 Å². The molecule has 0 amide bonds. The molecule has 3 N–H and O–H groups in total. The Balaban J connectivity index is 3.16. The largest absolute Gasteiger partial charge is 0.505 e. The normalized spacial score (nSPS) is 13.2. The van der Waals surface area contributed by atoms with Crippen LogP contribution in [-0.4, -0.2) is 18.2 Å². The molecule has 1 atom stereocenters. The number of rotatable bonds is 3. The van der Waals surface area contributed by atoms with E-state index in [4.69, 9.17) is 5.73 Å². The lowest BCUT2D eigenvalue weighted by molar-refractivity contribution is -0.152. The maximum atomic E-state index is 13.2. The van der Waals surface area contributed by atoms with E-state index in [2.05, 4.69) is 4.74 Å². The van der Waals surface area contributed by atoms with Crippen molar-refractivity contribution in [3.05, 3.63) is 29.6 Å². The molecule has 0 unspecified atom stereocenters. The van der Waals surface area contributed by atoms with E-state index < -0.39 is 29.0 Å². The summed E-state index contributed by atoms with van der Waals surface area (Å²) in [5.74, 6) is -1.82. The highest BCUT2D eigenvalue weighted by Crippen LogP contribution is 2.37. The summed E-state index contributed by atoms with van der Waals surface area (Å²) in [6, 6.07) is 3.17. The number of ether oxygens (including phenoxy) is 1. The van der Waals surface area contributed by atoms with Crippen LogP contribution in [0.3, 0.4) is 0 Å². The van der Waals surface area contributed by atoms with Gasteiger partial charge >= 0.3 is 5.97 Å². The van der Waals surface area contributed by atoms with Gasteiger partial charge in [0.25, 0.3) is 0 Å². The average molecular weight is 241 g/mol. The number of esters is 1. The number of hydrogen-bond donors (Lipinski definition) is 2. The molecule has 0 aliphatic heterocycles. The second kappa shape index (κ2) is 4.71. The molecule has 5 heteroatoms. The molecule has 1 aromatic rings. The third kappa shape index (κ3) is 2.39. The van der Waals surface area contributed by atoms with Gasteiger partial charge in [-0.15, -0.1) is 0 Å². The van der Waals surface area contributed by atoms with E-state index in [1.165, 1.54) is 19.2 Å². The van der Waals surface area contributed by atoms with E-state index in [1.54, 1.807) is 13.8 Å². The fourth-order valence-corrected chi connectivity index (χ4v) is 1.56. The van der Waals surface area contributed by atoms with Gasteiger partial charge in [-0.05, 0) is 19.9 Å². The van der Waals surface area contributed by atoms with Crippen molar-refractivity contribution in [1.82, 2.24) is 0 Å². The lowest BCUT2D eigenvalue weighted by Gasteiger charge is -2.29. The summed E-state index contributed by atoms with van der Waals surface area (Å²) in [5, 5.41) is 9.58. The summed E-state index contributed by atoms with van der Waals surface area (Å²) in [6.45, 7) is 3.15. The van der Waals surface area contributed by atoms with Crippen LogP contribution in [-0.2, 0) is 9.53 Å². The van der Waals surface area contributed by atoms with E-state index in [0.29, 0.717) is 0 Å². The predicted octanol–water partition coefficient (Wildman–Crippen LogP) is 1.73. The first-order valence-corrected chi connectivity index (χ1v) is 5.13. The van der Waals surface area contributed by atoms with Crippen molar-refractivity contribution in [2.75, 3.05) is 7.11 Å². The fraction of sp³-hybridized carbons (Fsp3) is 0.417. The highest BCUT2D eigenvalue weighted by atomic mass is 19.1. The molecule has 1 aromatic carbocycles. The van der Waals surface area contributed by atoms with E-state index in [0.717, 1.165) is 6.07 Å². The number of carbonyl (C=O) groups excluding carboxylic acids is 1. The van der Waals surface area contributed by atoms with Gasteiger partial charge in [-0.1, -0.05) is 12.1 Å². The van der Waals surface area contributed by atoms with Gasteiger partial charge in [0, 0.05) is 11.6 Å². The van der Waals surface area contributed by atoms with Crippen molar-refractivity contribution in [2.45, 2.75) is 19.9 Å². The van der Waals surface area contributed by atoms with Crippen LogP contribution in [0.1, 0.15) is 25.5 Å². The number of benzene rings is 1. The van der Waals surface area contributed by atoms with Crippen molar-refractivity contribution in [3.8, 4) is 5.75 Å². The van der Waals surface area contributed by atoms with Gasteiger partial charge in [-0.3, -0.25) is 4.79 Å². The van der Waals surface area contributed by atoms with Crippen molar-refractivity contribution in [1.29, 1.82) is 0 Å². The van der Waals surface area contributed by atoms with Crippen LogP contribution in [0.2, 0.25) is 0 Å². The maximum absolute atomic E-state index is 13.2. The SMILES string of the molecule is COC(=O)C(C)(C)[C@H](N)c1cccc(F)c1O. The van der Waals surface area contributed by atoms with Crippen LogP contribution in [0.4, 0.5) is 4.39 Å². The molecule has 0 bridgehead atoms. The molecule has 0 heterocycles. The number of halogens is 1. The zero-order valence-electron chi connectivity index (χ0n) is 10.0. The Hall–Kier alpha value is -1.62. The van der Waals surface area contributed by atoms with Gasteiger partial charge in [0.15, 0.2) is 11.6 Å². The summed E-state index contributed by atoms with van der Waals surface area (Å²) in [6.07, 6.45) is 0. The number of para-hydroxylation sites is 1. The Morgan fingerprint density at radius 2 is 2.12 bits per heavy atom. The van der Waals surface area contributed by atoms with Crippen molar-refractivity contribution in [2.24, 2.45) is 11.1 Å². The molecular weight excluding hydrogens is 225 g/mol. The van der Waals surface area contributed by atoms with Crippen LogP contribution < -0.4 is 5.73 Å². The first-order chi connectivity index (χ1) is 7.82. The molecule has 0 saturated heterocycles. The van der Waals surface area contributed by atoms with E-state index >= 15 is 0 Å². The molecule has 0 aromatic heterocycles. The highest BCUT2D eigenvalue weighted by molar-refractivity contribution is 5.77. The Kier molecular flexibility index (Phi) is 3.72. The number of carbonyl (C=O) groups is 1. The van der Waals surface area contributed by atoms with E-state index in [1.807, 2.05) is 0 Å². The lowest BCUT2D eigenvalue weighted by Crippen LogP contribution is -2.37. The minimum Gasteiger partial charge on any atom is -0.505 e. The van der Waals surface area contributed by atoms with Crippen LogP contribution in [0.25, 0.3) is 0 Å². The smallest absolute Gasteiger partial charge is 0.313 e. The summed E-state index contributed by atoms with van der Waals surface area (Å²) in [4.78, 5) is 11.6. The number of aromatic hydroxyl groups is 1. The molecule has 94 valence electrons. The Labute approximate surface area is 99.2 Å². The van der Waals surface area contributed by atoms with Crippen LogP contribution in [0.5, 0.6) is 5.75 Å². The second-order valence-corrected chi connectivity index (χ2v) is 4.37. The molecule has 0 fully saturated rings. The first-order valence-electron chi connectivity index (χ1n) is 5.13. The number of phenolic OH excluding ortho intramolecular Hbond substituents is 1. The van der Waals surface area contributed by atoms with Crippen LogP contribution >= 0.6 is 0 Å². The molecular formula is C12H16FNO3. The standard InChI is InChI=1S/C12H16FNO3/c1-12(2,11(16)17-3)10(14)7-5-4-6-8(13)9(7)15/h4-6,10,15H,14H2,1-3H3/t10-/m1/s1. The molecule has 0 aliphatic rings. The number of hydrogen-bond acceptors (Lipinski definition) is 4. The fourth-order valence-electron chi connectivity index (χ4n) is 1.56. The first kappa shape index (κ1) is 13.4. The summed E-state index contributed by atoms with van der Waals surface area (Å²) >= 11 is 0. The zero-order chi connectivity index (χ0) is 13.2. The quantitative estimate of drug-likeness (QED) is 0.790. The highest BCUT2D eigenvalue weighted by Gasteiger charge is 2.38. The number of phenols is 1. The van der Waals surface area contributed by atoms with Gasteiger partial charge in [-0.25, -0.2) is 4.39 Å². The number of methoxy groups -OCH3 is 1. The molecule has 1 rings (SSSR count). The van der Waals surface area contributed by atoms with E-state index in [-0.39, 0.29) is 5.56 Å². The van der Waals surface area contributed by atoms with Crippen LogP contribution in [0.15, 0.2) is 18.2 Å². The minimum atomic E-state index is -1.06. The van der Waals surface area contributed by atoms with Gasteiger partial charge < -0.3 is 15.6 Å². The third-order valence-electron chi connectivity index (χ3n) is 2.84. The Bertz CT molecular complexity index is 432. The molecule has 0 radical (unpaired) electrons. The topological polar surface area (TPSA) is 72.5 Å².